The average molecular weight is 251 g/mol. The van der Waals surface area contributed by atoms with Crippen molar-refractivity contribution in [3.63, 3.8) is 0 Å². The van der Waals surface area contributed by atoms with Crippen molar-refractivity contribution in [3.05, 3.63) is 35.4 Å². The highest BCUT2D eigenvalue weighted by molar-refractivity contribution is 7.85. The maximum absolute atomic E-state index is 11.8. The third-order valence-electron chi connectivity index (χ3n) is 2.40. The Kier molecular flexibility index (Phi) is 4.63. The Hall–Kier alpha value is -0.960. The molecule has 94 valence electrons. The summed E-state index contributed by atoms with van der Waals surface area (Å²) in [4.78, 5) is 0. The monoisotopic (exact) mass is 251 g/mol. The molecule has 2 nitrogen and oxygen atoms in total. The van der Waals surface area contributed by atoms with E-state index in [0.29, 0.717) is 5.92 Å². The molecule has 17 heavy (non-hydrogen) atoms. The molecule has 0 fully saturated rings. The molecule has 0 bridgehead atoms. The first-order chi connectivity index (χ1) is 7.80. The Labute approximate surface area is 107 Å². The first kappa shape index (κ1) is 14.1. The predicted octanol–water partition coefficient (Wildman–Crippen LogP) is 3.69. The molecular weight excluding hydrogens is 230 g/mol. The quantitative estimate of drug-likeness (QED) is 0.753. The average Bonchev–Trinajstić information content (AvgIpc) is 2.25. The van der Waals surface area contributed by atoms with E-state index in [-0.39, 0.29) is 4.75 Å². The number of hydrogen-bond acceptors (Lipinski definition) is 1. The molecule has 0 aliphatic carbocycles. The van der Waals surface area contributed by atoms with Gasteiger partial charge in [0.15, 0.2) is 0 Å². The zero-order valence-corrected chi connectivity index (χ0v) is 12.0. The van der Waals surface area contributed by atoms with E-state index in [1.54, 1.807) is 6.21 Å². The lowest BCUT2D eigenvalue weighted by molar-refractivity contribution is 0.651. The van der Waals surface area contributed by atoms with Crippen LogP contribution in [-0.2, 0) is 11.0 Å². The van der Waals surface area contributed by atoms with E-state index in [1.807, 2.05) is 32.9 Å². The first-order valence-electron chi connectivity index (χ1n) is 5.86. The minimum Gasteiger partial charge on any atom is -0.234 e. The van der Waals surface area contributed by atoms with Crippen molar-refractivity contribution in [1.82, 2.24) is 0 Å². The summed E-state index contributed by atoms with van der Waals surface area (Å²) in [5, 5.41) is 0. The van der Waals surface area contributed by atoms with Crippen LogP contribution < -0.4 is 0 Å². The van der Waals surface area contributed by atoms with E-state index in [9.17, 15) is 4.21 Å². The minimum atomic E-state index is -1.19. The molecule has 0 radical (unpaired) electrons. The number of nitrogens with zero attached hydrogens (tertiary/aromatic N) is 1. The molecule has 0 spiro atoms. The van der Waals surface area contributed by atoms with Crippen LogP contribution in [0.4, 0.5) is 0 Å². The fraction of sp³-hybridized carbons (Fsp3) is 0.500. The zero-order chi connectivity index (χ0) is 13.1. The van der Waals surface area contributed by atoms with E-state index in [4.69, 9.17) is 0 Å². The van der Waals surface area contributed by atoms with Crippen molar-refractivity contribution in [3.8, 4) is 0 Å². The Morgan fingerprint density at radius 2 is 1.94 bits per heavy atom. The Morgan fingerprint density at radius 3 is 2.47 bits per heavy atom. The van der Waals surface area contributed by atoms with Crippen LogP contribution in [0.25, 0.3) is 0 Å². The Bertz CT molecular complexity index is 430. The number of benzene rings is 1. The molecule has 0 aliphatic heterocycles. The van der Waals surface area contributed by atoms with Gasteiger partial charge in [-0.1, -0.05) is 32.0 Å². The largest absolute Gasteiger partial charge is 0.234 e. The fourth-order valence-corrected chi connectivity index (χ4v) is 1.80. The highest BCUT2D eigenvalue weighted by Gasteiger charge is 2.18. The van der Waals surface area contributed by atoms with Crippen molar-refractivity contribution in [2.45, 2.75) is 45.3 Å². The normalized spacial score (nSPS) is 14.5. The van der Waals surface area contributed by atoms with Gasteiger partial charge in [-0.3, -0.25) is 0 Å². The Morgan fingerprint density at radius 1 is 1.29 bits per heavy atom. The van der Waals surface area contributed by atoms with Crippen LogP contribution in [-0.4, -0.2) is 15.2 Å². The second-order valence-electron chi connectivity index (χ2n) is 5.42. The number of hydrogen-bond donors (Lipinski definition) is 0. The van der Waals surface area contributed by atoms with Gasteiger partial charge in [0.25, 0.3) is 0 Å². The lowest BCUT2D eigenvalue weighted by Gasteiger charge is -2.12. The molecule has 3 heteroatoms. The smallest absolute Gasteiger partial charge is 0.144 e. The standard InChI is InChI=1S/C14H21NOS/c1-11(2)13-8-6-7-12(9-13)10-15-17(16)14(3,4)5/h6-11H,1-5H3/b15-10+/t17-/m1/s1. The maximum atomic E-state index is 11.8. The highest BCUT2D eigenvalue weighted by Crippen LogP contribution is 2.16. The van der Waals surface area contributed by atoms with Crippen LogP contribution in [0.2, 0.25) is 0 Å². The van der Waals surface area contributed by atoms with Crippen LogP contribution in [0, 0.1) is 0 Å². The third kappa shape index (κ3) is 4.43. The summed E-state index contributed by atoms with van der Waals surface area (Å²) in [5.41, 5.74) is 2.28. The summed E-state index contributed by atoms with van der Waals surface area (Å²) in [6, 6.07) is 8.18. The van der Waals surface area contributed by atoms with Crippen molar-refractivity contribution >= 4 is 17.2 Å². The van der Waals surface area contributed by atoms with Gasteiger partial charge in [0.05, 0.1) is 4.75 Å². The van der Waals surface area contributed by atoms with E-state index in [1.165, 1.54) is 5.56 Å². The van der Waals surface area contributed by atoms with Gasteiger partial charge in [-0.2, -0.15) is 4.40 Å². The molecule has 0 aliphatic rings. The molecule has 0 saturated heterocycles. The van der Waals surface area contributed by atoms with Gasteiger partial charge >= 0.3 is 0 Å². The molecule has 0 heterocycles. The molecule has 0 saturated carbocycles. The minimum absolute atomic E-state index is 0.299. The molecule has 0 amide bonds. The summed E-state index contributed by atoms with van der Waals surface area (Å²) in [5.74, 6) is 0.497. The van der Waals surface area contributed by atoms with Crippen molar-refractivity contribution in [1.29, 1.82) is 0 Å². The summed E-state index contributed by atoms with van der Waals surface area (Å²) in [6.45, 7) is 10.1. The van der Waals surface area contributed by atoms with Crippen LogP contribution in [0.1, 0.15) is 51.7 Å². The fourth-order valence-electron chi connectivity index (χ4n) is 1.27. The molecule has 1 aromatic carbocycles. The van der Waals surface area contributed by atoms with E-state index in [2.05, 4.69) is 30.4 Å². The van der Waals surface area contributed by atoms with E-state index >= 15 is 0 Å². The summed E-state index contributed by atoms with van der Waals surface area (Å²) in [6.07, 6.45) is 1.70. The van der Waals surface area contributed by atoms with Crippen LogP contribution >= 0.6 is 0 Å². The second-order valence-corrected chi connectivity index (χ2v) is 7.35. The molecule has 0 unspecified atom stereocenters. The highest BCUT2D eigenvalue weighted by atomic mass is 32.2. The molecule has 1 rings (SSSR count). The molecule has 0 N–H and O–H groups in total. The number of rotatable bonds is 3. The van der Waals surface area contributed by atoms with Crippen molar-refractivity contribution < 1.29 is 4.21 Å². The summed E-state index contributed by atoms with van der Waals surface area (Å²) < 4.78 is 15.6. The molecular formula is C14H21NOS. The van der Waals surface area contributed by atoms with Gasteiger partial charge in [-0.05, 0) is 43.9 Å². The third-order valence-corrected chi connectivity index (χ3v) is 3.74. The summed E-state index contributed by atoms with van der Waals surface area (Å²) in [7, 11) is -1.19. The van der Waals surface area contributed by atoms with Crippen molar-refractivity contribution in [2.75, 3.05) is 0 Å². The SMILES string of the molecule is CC(C)c1cccc(/C=N/[S@](=O)C(C)(C)C)c1. The molecule has 1 aromatic rings. The van der Waals surface area contributed by atoms with Gasteiger partial charge in [0, 0.05) is 6.21 Å². The topological polar surface area (TPSA) is 29.4 Å². The zero-order valence-electron chi connectivity index (χ0n) is 11.2. The summed E-state index contributed by atoms with van der Waals surface area (Å²) >= 11 is 0. The van der Waals surface area contributed by atoms with E-state index < -0.39 is 11.0 Å². The maximum Gasteiger partial charge on any atom is 0.144 e. The van der Waals surface area contributed by atoms with Gasteiger partial charge in [-0.15, -0.1) is 0 Å². The lowest BCUT2D eigenvalue weighted by atomic mass is 10.0. The van der Waals surface area contributed by atoms with Crippen LogP contribution in [0.3, 0.4) is 0 Å². The van der Waals surface area contributed by atoms with E-state index in [0.717, 1.165) is 5.56 Å². The van der Waals surface area contributed by atoms with Gasteiger partial charge < -0.3 is 0 Å². The van der Waals surface area contributed by atoms with Crippen LogP contribution in [0.15, 0.2) is 28.7 Å². The molecule has 0 aromatic heterocycles. The van der Waals surface area contributed by atoms with Gasteiger partial charge in [-0.25, -0.2) is 4.21 Å². The second kappa shape index (κ2) is 5.58. The molecule has 1 atom stereocenters. The first-order valence-corrected chi connectivity index (χ1v) is 6.97. The van der Waals surface area contributed by atoms with Gasteiger partial charge in [0.1, 0.15) is 11.0 Å². The lowest BCUT2D eigenvalue weighted by Crippen LogP contribution is -2.19. The van der Waals surface area contributed by atoms with Gasteiger partial charge in [0.2, 0.25) is 0 Å². The predicted molar refractivity (Wildman–Crippen MR) is 76.0 cm³/mol. The van der Waals surface area contributed by atoms with Crippen LogP contribution in [0.5, 0.6) is 0 Å². The van der Waals surface area contributed by atoms with Crippen molar-refractivity contribution in [2.24, 2.45) is 4.40 Å². The Balaban J connectivity index is 2.85.